The molecular weight excluding hydrogens is 310 g/mol. The molecule has 0 atom stereocenters. The Hall–Kier alpha value is -3.03. The van der Waals surface area contributed by atoms with Crippen molar-refractivity contribution in [2.24, 2.45) is 0 Å². The van der Waals surface area contributed by atoms with E-state index in [1.807, 2.05) is 42.5 Å². The van der Waals surface area contributed by atoms with Crippen LogP contribution in [0.1, 0.15) is 11.3 Å². The summed E-state index contributed by atoms with van der Waals surface area (Å²) in [6.07, 6.45) is 3.37. The van der Waals surface area contributed by atoms with Crippen molar-refractivity contribution in [2.75, 3.05) is 5.32 Å². The number of hydrogen-bond acceptors (Lipinski definition) is 4. The molecule has 1 aromatic heterocycles. The van der Waals surface area contributed by atoms with Gasteiger partial charge in [0.15, 0.2) is 5.76 Å². The molecule has 4 nitrogen and oxygen atoms in total. The lowest BCUT2D eigenvalue weighted by Gasteiger charge is -1.99. The quantitative estimate of drug-likeness (QED) is 0.738. The van der Waals surface area contributed by atoms with E-state index in [-0.39, 0.29) is 0 Å². The monoisotopic (exact) mass is 321 g/mol. The Morgan fingerprint density at radius 2 is 1.83 bits per heavy atom. The van der Waals surface area contributed by atoms with Crippen LogP contribution in [0, 0.1) is 11.3 Å². The zero-order chi connectivity index (χ0) is 16.1. The summed E-state index contributed by atoms with van der Waals surface area (Å²) in [6.45, 7) is 0. The van der Waals surface area contributed by atoms with Gasteiger partial charge in [0.25, 0.3) is 0 Å². The van der Waals surface area contributed by atoms with Crippen molar-refractivity contribution in [3.05, 3.63) is 77.1 Å². The fourth-order valence-electron chi connectivity index (χ4n) is 2.08. The molecule has 112 valence electrons. The summed E-state index contributed by atoms with van der Waals surface area (Å²) < 4.78 is 5.28. The Labute approximate surface area is 138 Å². The molecule has 0 aliphatic heterocycles. The standard InChI is InChI=1S/C18H12ClN3O/c19-14-6-8-15(9-7-14)21-11-10-17-16(12-20)18(22-23-17)13-4-2-1-3-5-13/h1-11,21H/b11-10+. The maximum atomic E-state index is 9.38. The molecule has 2 aromatic carbocycles. The van der Waals surface area contributed by atoms with Gasteiger partial charge in [0.1, 0.15) is 17.3 Å². The third kappa shape index (κ3) is 3.42. The second-order valence-electron chi connectivity index (χ2n) is 4.73. The molecule has 23 heavy (non-hydrogen) atoms. The van der Waals surface area contributed by atoms with Crippen LogP contribution < -0.4 is 5.32 Å². The lowest BCUT2D eigenvalue weighted by Crippen LogP contribution is -1.86. The molecule has 3 aromatic rings. The molecule has 0 saturated carbocycles. The Morgan fingerprint density at radius 1 is 1.09 bits per heavy atom. The minimum absolute atomic E-state index is 0.408. The van der Waals surface area contributed by atoms with Crippen LogP contribution in [0.5, 0.6) is 0 Å². The second-order valence-corrected chi connectivity index (χ2v) is 5.17. The van der Waals surface area contributed by atoms with Crippen molar-refractivity contribution in [3.8, 4) is 17.3 Å². The van der Waals surface area contributed by atoms with Gasteiger partial charge in [-0.1, -0.05) is 47.1 Å². The van der Waals surface area contributed by atoms with Gasteiger partial charge in [0.05, 0.1) is 0 Å². The lowest BCUT2D eigenvalue weighted by atomic mass is 10.1. The number of hydrogen-bond donors (Lipinski definition) is 1. The van der Waals surface area contributed by atoms with Crippen LogP contribution in [0.2, 0.25) is 5.02 Å². The molecule has 5 heteroatoms. The molecule has 0 fully saturated rings. The number of nitrogens with one attached hydrogen (secondary N) is 1. The Morgan fingerprint density at radius 3 is 2.52 bits per heavy atom. The number of halogens is 1. The minimum Gasteiger partial charge on any atom is -0.362 e. The first-order valence-electron chi connectivity index (χ1n) is 6.92. The van der Waals surface area contributed by atoms with Crippen LogP contribution in [0.3, 0.4) is 0 Å². The molecule has 0 amide bonds. The SMILES string of the molecule is N#Cc1c(-c2ccccc2)noc1/C=C/Nc1ccc(Cl)cc1. The van der Waals surface area contributed by atoms with Crippen molar-refractivity contribution in [2.45, 2.75) is 0 Å². The third-order valence-electron chi connectivity index (χ3n) is 3.21. The normalized spacial score (nSPS) is 10.6. The number of rotatable bonds is 4. The topological polar surface area (TPSA) is 61.9 Å². The molecule has 0 aliphatic carbocycles. The predicted octanol–water partition coefficient (Wildman–Crippen LogP) is 4.95. The van der Waals surface area contributed by atoms with Gasteiger partial charge in [-0.25, -0.2) is 0 Å². The van der Waals surface area contributed by atoms with E-state index >= 15 is 0 Å². The highest BCUT2D eigenvalue weighted by atomic mass is 35.5. The Balaban J connectivity index is 1.81. The zero-order valence-electron chi connectivity index (χ0n) is 12.0. The van der Waals surface area contributed by atoms with E-state index < -0.39 is 0 Å². The first kappa shape index (κ1) is 14.9. The van der Waals surface area contributed by atoms with E-state index in [4.69, 9.17) is 16.1 Å². The number of benzene rings is 2. The highest BCUT2D eigenvalue weighted by molar-refractivity contribution is 6.30. The van der Waals surface area contributed by atoms with Gasteiger partial charge in [-0.2, -0.15) is 5.26 Å². The van der Waals surface area contributed by atoms with E-state index in [1.54, 1.807) is 24.4 Å². The lowest BCUT2D eigenvalue weighted by molar-refractivity contribution is 0.415. The molecule has 0 unspecified atom stereocenters. The predicted molar refractivity (Wildman–Crippen MR) is 90.8 cm³/mol. The summed E-state index contributed by atoms with van der Waals surface area (Å²) in [4.78, 5) is 0. The number of nitrogens with zero attached hydrogens (tertiary/aromatic N) is 2. The fourth-order valence-corrected chi connectivity index (χ4v) is 2.20. The molecule has 0 spiro atoms. The third-order valence-corrected chi connectivity index (χ3v) is 3.46. The van der Waals surface area contributed by atoms with Gasteiger partial charge >= 0.3 is 0 Å². The summed E-state index contributed by atoms with van der Waals surface area (Å²) in [5.74, 6) is 0.410. The second kappa shape index (κ2) is 6.82. The van der Waals surface area contributed by atoms with Crippen molar-refractivity contribution >= 4 is 23.4 Å². The molecule has 1 N–H and O–H groups in total. The Kier molecular flexibility index (Phi) is 4.41. The van der Waals surface area contributed by atoms with E-state index in [9.17, 15) is 5.26 Å². The number of anilines is 1. The van der Waals surface area contributed by atoms with E-state index in [0.717, 1.165) is 11.3 Å². The summed E-state index contributed by atoms with van der Waals surface area (Å²) in [6, 6.07) is 18.9. The van der Waals surface area contributed by atoms with Gasteiger partial charge in [-0.3, -0.25) is 0 Å². The van der Waals surface area contributed by atoms with Crippen molar-refractivity contribution in [1.82, 2.24) is 5.16 Å². The molecule has 0 aliphatic rings. The summed E-state index contributed by atoms with van der Waals surface area (Å²) in [5.41, 5.74) is 2.68. The van der Waals surface area contributed by atoms with Crippen LogP contribution in [0.4, 0.5) is 5.69 Å². The minimum atomic E-state index is 0.408. The number of nitriles is 1. The van der Waals surface area contributed by atoms with Crippen LogP contribution in [-0.2, 0) is 0 Å². The van der Waals surface area contributed by atoms with Crippen LogP contribution in [0.25, 0.3) is 17.3 Å². The van der Waals surface area contributed by atoms with Crippen molar-refractivity contribution in [1.29, 1.82) is 5.26 Å². The maximum Gasteiger partial charge on any atom is 0.179 e. The van der Waals surface area contributed by atoms with Crippen LogP contribution in [0.15, 0.2) is 65.3 Å². The van der Waals surface area contributed by atoms with Gasteiger partial charge in [0.2, 0.25) is 0 Å². The van der Waals surface area contributed by atoms with Gasteiger partial charge in [-0.05, 0) is 24.3 Å². The first-order chi connectivity index (χ1) is 11.3. The van der Waals surface area contributed by atoms with Gasteiger partial charge < -0.3 is 9.84 Å². The summed E-state index contributed by atoms with van der Waals surface area (Å²) in [7, 11) is 0. The first-order valence-corrected chi connectivity index (χ1v) is 7.29. The van der Waals surface area contributed by atoms with E-state index in [0.29, 0.717) is 22.0 Å². The summed E-state index contributed by atoms with van der Waals surface area (Å²) >= 11 is 5.84. The smallest absolute Gasteiger partial charge is 0.179 e. The Bertz CT molecular complexity index is 862. The van der Waals surface area contributed by atoms with Crippen LogP contribution in [-0.4, -0.2) is 5.16 Å². The van der Waals surface area contributed by atoms with Crippen molar-refractivity contribution < 1.29 is 4.52 Å². The fraction of sp³-hybridized carbons (Fsp3) is 0. The molecule has 0 radical (unpaired) electrons. The van der Waals surface area contributed by atoms with E-state index in [1.165, 1.54) is 0 Å². The average Bonchev–Trinajstić information content (AvgIpc) is 3.00. The average molecular weight is 322 g/mol. The van der Waals surface area contributed by atoms with Crippen molar-refractivity contribution in [3.63, 3.8) is 0 Å². The molecule has 3 rings (SSSR count). The maximum absolute atomic E-state index is 9.38. The number of aromatic nitrogens is 1. The van der Waals surface area contributed by atoms with Gasteiger partial charge in [0, 0.05) is 28.5 Å². The largest absolute Gasteiger partial charge is 0.362 e. The summed E-state index contributed by atoms with van der Waals surface area (Å²) in [5, 5.41) is 17.1. The molecule has 0 saturated heterocycles. The highest BCUT2D eigenvalue weighted by Crippen LogP contribution is 2.25. The van der Waals surface area contributed by atoms with E-state index in [2.05, 4.69) is 16.5 Å². The highest BCUT2D eigenvalue weighted by Gasteiger charge is 2.15. The molecule has 0 bridgehead atoms. The zero-order valence-corrected chi connectivity index (χ0v) is 12.8. The molecular formula is C18H12ClN3O. The molecule has 1 heterocycles. The van der Waals surface area contributed by atoms with Crippen LogP contribution >= 0.6 is 11.6 Å². The van der Waals surface area contributed by atoms with Gasteiger partial charge in [-0.15, -0.1) is 0 Å².